The lowest BCUT2D eigenvalue weighted by Gasteiger charge is -2.21. The van der Waals surface area contributed by atoms with E-state index in [1.54, 1.807) is 6.08 Å². The Bertz CT molecular complexity index is 628. The van der Waals surface area contributed by atoms with Gasteiger partial charge in [0, 0.05) is 24.4 Å². The van der Waals surface area contributed by atoms with Gasteiger partial charge < -0.3 is 4.90 Å². The molecule has 0 heterocycles. The molecule has 23 heavy (non-hydrogen) atoms. The number of rotatable bonds is 7. The van der Waals surface area contributed by atoms with Gasteiger partial charge in [0.15, 0.2) is 23.3 Å². The summed E-state index contributed by atoms with van der Waals surface area (Å²) in [4.78, 5) is 3.23. The number of hydrogen-bond donors (Lipinski definition) is 0. The van der Waals surface area contributed by atoms with Crippen molar-refractivity contribution in [3.8, 4) is 0 Å². The fourth-order valence-corrected chi connectivity index (χ4v) is 2.28. The highest BCUT2D eigenvalue weighted by Crippen LogP contribution is 2.35. The summed E-state index contributed by atoms with van der Waals surface area (Å²) in [7, 11) is 1.31. The Hall–Kier alpha value is -1.92. The van der Waals surface area contributed by atoms with Gasteiger partial charge in [-0.15, -0.1) is 11.6 Å². The molecular formula is C14H15ClF4N4. The predicted molar refractivity (Wildman–Crippen MR) is 82.1 cm³/mol. The lowest BCUT2D eigenvalue weighted by atomic mass is 10.1. The first-order chi connectivity index (χ1) is 10.8. The third-order valence-corrected chi connectivity index (χ3v) is 3.39. The second kappa shape index (κ2) is 8.64. The molecule has 0 saturated carbocycles. The Balaban J connectivity index is 3.04. The zero-order valence-electron chi connectivity index (χ0n) is 12.6. The van der Waals surface area contributed by atoms with Crippen molar-refractivity contribution in [3.05, 3.63) is 45.4 Å². The lowest BCUT2D eigenvalue weighted by molar-refractivity contribution is 0.456. The minimum atomic E-state index is -1.72. The molecule has 0 fully saturated rings. The number of hydrogen-bond acceptors (Lipinski definition) is 2. The molecule has 0 atom stereocenters. The topological polar surface area (TPSA) is 52.0 Å². The van der Waals surface area contributed by atoms with E-state index in [2.05, 4.69) is 10.0 Å². The molecule has 0 aromatic heterocycles. The van der Waals surface area contributed by atoms with Crippen molar-refractivity contribution in [2.45, 2.75) is 19.8 Å². The Kier molecular flexibility index (Phi) is 7.19. The van der Waals surface area contributed by atoms with Crippen LogP contribution in [0.25, 0.3) is 10.4 Å². The number of nitrogens with zero attached hydrogens (tertiary/aromatic N) is 4. The first-order valence-electron chi connectivity index (χ1n) is 6.68. The molecule has 0 saturated heterocycles. The van der Waals surface area contributed by atoms with Crippen LogP contribution in [0, 0.1) is 23.3 Å². The van der Waals surface area contributed by atoms with Crippen LogP contribution in [0.15, 0.2) is 16.8 Å². The quantitative estimate of drug-likeness (QED) is 0.120. The van der Waals surface area contributed by atoms with E-state index in [0.717, 1.165) is 10.5 Å². The molecular weight excluding hydrogens is 336 g/mol. The van der Waals surface area contributed by atoms with Crippen LogP contribution in [0.1, 0.15) is 19.8 Å². The van der Waals surface area contributed by atoms with Crippen molar-refractivity contribution in [2.24, 2.45) is 5.11 Å². The summed E-state index contributed by atoms with van der Waals surface area (Å²) in [6.45, 7) is 2.03. The third-order valence-electron chi connectivity index (χ3n) is 3.23. The van der Waals surface area contributed by atoms with E-state index < -0.39 is 34.6 Å². The molecule has 0 aliphatic carbocycles. The van der Waals surface area contributed by atoms with Gasteiger partial charge in [-0.2, -0.15) is 0 Å². The number of benzene rings is 1. The van der Waals surface area contributed by atoms with Gasteiger partial charge in [0.2, 0.25) is 0 Å². The van der Waals surface area contributed by atoms with E-state index in [-0.39, 0.29) is 6.54 Å². The van der Waals surface area contributed by atoms with E-state index in [0.29, 0.717) is 18.7 Å². The van der Waals surface area contributed by atoms with Gasteiger partial charge in [0.25, 0.3) is 0 Å². The maximum atomic E-state index is 13.9. The number of halogens is 5. The Morgan fingerprint density at radius 2 is 1.78 bits per heavy atom. The third kappa shape index (κ3) is 4.53. The summed E-state index contributed by atoms with van der Waals surface area (Å²) in [6, 6.07) is 0. The summed E-state index contributed by atoms with van der Waals surface area (Å²) in [6.07, 6.45) is 2.94. The molecule has 1 aromatic carbocycles. The predicted octanol–water partition coefficient (Wildman–Crippen LogP) is 5.59. The molecule has 0 bridgehead atoms. The maximum absolute atomic E-state index is 13.9. The first-order valence-corrected chi connectivity index (χ1v) is 7.22. The smallest absolute Gasteiger partial charge is 0.185 e. The summed E-state index contributed by atoms with van der Waals surface area (Å²) >= 11 is 5.55. The van der Waals surface area contributed by atoms with E-state index in [9.17, 15) is 17.6 Å². The van der Waals surface area contributed by atoms with E-state index >= 15 is 0 Å². The molecule has 126 valence electrons. The average Bonchev–Trinajstić information content (AvgIpc) is 2.50. The van der Waals surface area contributed by atoms with Crippen LogP contribution in [0.3, 0.4) is 0 Å². The molecule has 0 radical (unpaired) electrons. The molecule has 0 amide bonds. The van der Waals surface area contributed by atoms with Gasteiger partial charge in [-0.1, -0.05) is 16.8 Å². The van der Waals surface area contributed by atoms with Gasteiger partial charge >= 0.3 is 0 Å². The molecule has 9 heteroatoms. The summed E-state index contributed by atoms with van der Waals surface area (Å²) < 4.78 is 55.3. The van der Waals surface area contributed by atoms with Crippen LogP contribution < -0.4 is 4.90 Å². The first kappa shape index (κ1) is 19.1. The lowest BCUT2D eigenvalue weighted by Crippen LogP contribution is -2.22. The molecule has 1 rings (SSSR count). The van der Waals surface area contributed by atoms with Crippen molar-refractivity contribution >= 4 is 23.0 Å². The average molecular weight is 351 g/mol. The highest BCUT2D eigenvalue weighted by molar-refractivity contribution is 6.18. The number of anilines is 1. The van der Waals surface area contributed by atoms with Crippen LogP contribution in [0.2, 0.25) is 0 Å². The molecule has 4 nitrogen and oxygen atoms in total. The van der Waals surface area contributed by atoms with Crippen molar-refractivity contribution in [2.75, 3.05) is 24.4 Å². The van der Waals surface area contributed by atoms with Crippen molar-refractivity contribution in [1.82, 2.24) is 0 Å². The van der Waals surface area contributed by atoms with Gasteiger partial charge in [-0.25, -0.2) is 17.6 Å². The zero-order chi connectivity index (χ0) is 17.6. The van der Waals surface area contributed by atoms with E-state index in [1.165, 1.54) is 7.05 Å². The zero-order valence-corrected chi connectivity index (χ0v) is 13.3. The second-order valence-corrected chi connectivity index (χ2v) is 5.18. The Morgan fingerprint density at radius 1 is 1.22 bits per heavy atom. The van der Waals surface area contributed by atoms with E-state index in [1.807, 2.05) is 6.92 Å². The minimum absolute atomic E-state index is 0.168. The highest BCUT2D eigenvalue weighted by Gasteiger charge is 2.26. The van der Waals surface area contributed by atoms with Crippen LogP contribution in [0.5, 0.6) is 0 Å². The molecule has 1 aromatic rings. The normalized spacial score (nSPS) is 11.3. The van der Waals surface area contributed by atoms with Gasteiger partial charge in [-0.05, 0) is 25.3 Å². The van der Waals surface area contributed by atoms with Crippen LogP contribution >= 0.6 is 11.6 Å². The van der Waals surface area contributed by atoms with Crippen LogP contribution in [-0.4, -0.2) is 19.5 Å². The van der Waals surface area contributed by atoms with Crippen molar-refractivity contribution in [3.63, 3.8) is 0 Å². The van der Waals surface area contributed by atoms with Crippen LogP contribution in [0.4, 0.5) is 28.9 Å². The number of allylic oxidation sites excluding steroid dienone is 2. The standard InChI is InChI=1S/C14H15ClF4N4/c1-8(5-6-15)4-3-7-23(2)14-11(18)9(16)13(21-22-20)10(17)12(14)19/h5H,3-4,6-7H2,1-2H3/b8-5+. The second-order valence-electron chi connectivity index (χ2n) is 4.87. The van der Waals surface area contributed by atoms with Gasteiger partial charge in [0.1, 0.15) is 11.4 Å². The summed E-state index contributed by atoms with van der Waals surface area (Å²) in [5.74, 6) is -6.27. The number of azide groups is 1. The largest absolute Gasteiger partial charge is 0.370 e. The van der Waals surface area contributed by atoms with Crippen molar-refractivity contribution in [1.29, 1.82) is 0 Å². The van der Waals surface area contributed by atoms with Gasteiger partial charge in [0.05, 0.1) is 0 Å². The molecule has 0 spiro atoms. The molecule has 0 unspecified atom stereocenters. The SMILES string of the molecule is C/C(=C\CCl)CCCN(C)c1c(F)c(F)c(N=[N+]=[N-])c(F)c1F. The van der Waals surface area contributed by atoms with Crippen molar-refractivity contribution < 1.29 is 17.6 Å². The van der Waals surface area contributed by atoms with E-state index in [4.69, 9.17) is 17.1 Å². The highest BCUT2D eigenvalue weighted by atomic mass is 35.5. The van der Waals surface area contributed by atoms with Crippen LogP contribution in [-0.2, 0) is 0 Å². The Labute approximate surface area is 136 Å². The summed E-state index contributed by atoms with van der Waals surface area (Å²) in [5, 5.41) is 2.65. The van der Waals surface area contributed by atoms with Gasteiger partial charge in [-0.3, -0.25) is 0 Å². The molecule has 0 N–H and O–H groups in total. The fraction of sp³-hybridized carbons (Fsp3) is 0.429. The Morgan fingerprint density at radius 3 is 2.26 bits per heavy atom. The summed E-state index contributed by atoms with van der Waals surface area (Å²) in [5.41, 5.74) is 7.04. The molecule has 0 aliphatic rings. The minimum Gasteiger partial charge on any atom is -0.370 e. The number of alkyl halides is 1. The fourth-order valence-electron chi connectivity index (χ4n) is 2.02. The maximum Gasteiger partial charge on any atom is 0.185 e. The molecule has 0 aliphatic heterocycles. The monoisotopic (exact) mass is 350 g/mol.